The Morgan fingerprint density at radius 2 is 1.02 bits per heavy atom. The van der Waals surface area contributed by atoms with E-state index in [1.807, 2.05) is 33.8 Å². The minimum Gasteiger partial charge on any atom is -0.207 e. The highest BCUT2D eigenvalue weighted by atomic mass is 35.5. The Bertz CT molecular complexity index is 1370. The van der Waals surface area contributed by atoms with Gasteiger partial charge in [0.15, 0.2) is 0 Å². The van der Waals surface area contributed by atoms with Gasteiger partial charge >= 0.3 is 6.18 Å². The average molecular weight is 654 g/mol. The third kappa shape index (κ3) is 14.3. The highest BCUT2D eigenvalue weighted by Gasteiger charge is 2.33. The summed E-state index contributed by atoms with van der Waals surface area (Å²) in [5.74, 6) is 0.691. The predicted molar refractivity (Wildman–Crippen MR) is 177 cm³/mol. The van der Waals surface area contributed by atoms with Gasteiger partial charge < -0.3 is 0 Å². The summed E-state index contributed by atoms with van der Waals surface area (Å²) >= 11 is 11.4. The first-order valence-electron chi connectivity index (χ1n) is 14.6. The van der Waals surface area contributed by atoms with Crippen molar-refractivity contribution >= 4 is 23.2 Å². The first-order chi connectivity index (χ1) is 20.4. The first-order valence-corrected chi connectivity index (χ1v) is 15.3. The molecule has 0 atom stereocenters. The molecule has 0 spiro atoms. The van der Waals surface area contributed by atoms with E-state index in [-0.39, 0.29) is 17.6 Å². The standard InChI is InChI=1S/C10H11F3.2C9H10ClF.C9H12/c1-7(2)8-5-3-4-6-9(8)10(11,12)13;1-6(2)7-3-8(10)5-9(11)4-7;1-6(2)8-4-3-7(11)5-9(8)10;1-8(2)9-6-4-3-5-7-9/h3-7H,1-2H3;2*3-6H,1-2H3;3-8H,1-2H3. The van der Waals surface area contributed by atoms with E-state index in [4.69, 9.17) is 23.2 Å². The lowest BCUT2D eigenvalue weighted by molar-refractivity contribution is -0.138. The molecule has 4 aromatic carbocycles. The molecule has 0 aliphatic heterocycles. The van der Waals surface area contributed by atoms with Crippen LogP contribution in [0.25, 0.3) is 0 Å². The monoisotopic (exact) mass is 652 g/mol. The van der Waals surface area contributed by atoms with Crippen molar-refractivity contribution in [3.8, 4) is 0 Å². The summed E-state index contributed by atoms with van der Waals surface area (Å²) in [6.07, 6.45) is -4.24. The number of benzene rings is 4. The Hall–Kier alpha value is -2.89. The van der Waals surface area contributed by atoms with Crippen LogP contribution in [-0.4, -0.2) is 0 Å². The average Bonchev–Trinajstić information content (AvgIpc) is 2.93. The third-order valence-corrected chi connectivity index (χ3v) is 7.04. The van der Waals surface area contributed by atoms with Gasteiger partial charge in [-0.15, -0.1) is 0 Å². The van der Waals surface area contributed by atoms with Gasteiger partial charge in [-0.25, -0.2) is 8.78 Å². The summed E-state index contributed by atoms with van der Waals surface area (Å²) in [5.41, 5.74) is 3.18. The van der Waals surface area contributed by atoms with Gasteiger partial charge in [-0.1, -0.05) is 133 Å². The molecule has 7 heteroatoms. The van der Waals surface area contributed by atoms with Crippen LogP contribution in [0.5, 0.6) is 0 Å². The molecule has 44 heavy (non-hydrogen) atoms. The molecule has 0 aromatic heterocycles. The fourth-order valence-electron chi connectivity index (χ4n) is 3.97. The van der Waals surface area contributed by atoms with Gasteiger partial charge in [-0.2, -0.15) is 13.2 Å². The molecule has 0 saturated carbocycles. The van der Waals surface area contributed by atoms with Gasteiger partial charge in [0.2, 0.25) is 0 Å². The van der Waals surface area contributed by atoms with Crippen LogP contribution in [0.15, 0.2) is 91.0 Å². The summed E-state index contributed by atoms with van der Waals surface area (Å²) in [5, 5.41) is 0.980. The van der Waals surface area contributed by atoms with Gasteiger partial charge in [-0.05, 0) is 82.3 Å². The minimum atomic E-state index is -4.24. The summed E-state index contributed by atoms with van der Waals surface area (Å²) < 4.78 is 62.5. The van der Waals surface area contributed by atoms with Gasteiger partial charge in [0.1, 0.15) is 11.6 Å². The third-order valence-electron chi connectivity index (χ3n) is 6.49. The zero-order valence-electron chi connectivity index (χ0n) is 26.6. The van der Waals surface area contributed by atoms with Crippen molar-refractivity contribution in [1.29, 1.82) is 0 Å². The number of halogens is 7. The quantitative estimate of drug-likeness (QED) is 0.192. The minimum absolute atomic E-state index is 0.0992. The van der Waals surface area contributed by atoms with Gasteiger partial charge in [0.25, 0.3) is 0 Å². The zero-order valence-corrected chi connectivity index (χ0v) is 28.1. The normalized spacial score (nSPS) is 11.0. The molecule has 4 rings (SSSR count). The van der Waals surface area contributed by atoms with Crippen LogP contribution in [0.2, 0.25) is 10.0 Å². The Morgan fingerprint density at radius 1 is 0.500 bits per heavy atom. The highest BCUT2D eigenvalue weighted by molar-refractivity contribution is 6.31. The van der Waals surface area contributed by atoms with Crippen LogP contribution >= 0.6 is 23.2 Å². The Kier molecular flexibility index (Phi) is 16.7. The van der Waals surface area contributed by atoms with Gasteiger partial charge in [0.05, 0.1) is 5.56 Å². The molecular formula is C37H43Cl2F5. The van der Waals surface area contributed by atoms with E-state index < -0.39 is 11.7 Å². The number of alkyl halides is 3. The second-order valence-corrected chi connectivity index (χ2v) is 12.3. The second-order valence-electron chi connectivity index (χ2n) is 11.5. The summed E-state index contributed by atoms with van der Waals surface area (Å²) in [7, 11) is 0. The molecule has 0 aliphatic carbocycles. The molecule has 0 heterocycles. The van der Waals surface area contributed by atoms with Crippen molar-refractivity contribution in [1.82, 2.24) is 0 Å². The number of rotatable bonds is 4. The van der Waals surface area contributed by atoms with E-state index in [1.165, 1.54) is 42.0 Å². The van der Waals surface area contributed by atoms with Crippen LogP contribution in [0, 0.1) is 11.6 Å². The predicted octanol–water partition coefficient (Wildman–Crippen LogP) is 13.8. The molecular weight excluding hydrogens is 610 g/mol. The van der Waals surface area contributed by atoms with Gasteiger partial charge in [-0.3, -0.25) is 0 Å². The van der Waals surface area contributed by atoms with Crippen LogP contribution in [0.1, 0.15) is 107 Å². The van der Waals surface area contributed by atoms with Crippen molar-refractivity contribution in [2.24, 2.45) is 0 Å². The molecule has 240 valence electrons. The Labute approximate surface area is 270 Å². The van der Waals surface area contributed by atoms with Crippen molar-refractivity contribution in [3.63, 3.8) is 0 Å². The fraction of sp³-hybridized carbons (Fsp3) is 0.351. The van der Waals surface area contributed by atoms with Crippen LogP contribution in [0.3, 0.4) is 0 Å². The SMILES string of the molecule is CC(C)c1cc(F)cc(Cl)c1.CC(C)c1ccc(F)cc1Cl.CC(C)c1ccccc1.CC(C)c1ccccc1C(F)(F)F. The van der Waals surface area contributed by atoms with Crippen LogP contribution in [-0.2, 0) is 6.18 Å². The molecule has 0 aliphatic rings. The number of hydrogen-bond acceptors (Lipinski definition) is 0. The fourth-order valence-corrected chi connectivity index (χ4v) is 4.59. The van der Waals surface area contributed by atoms with E-state index in [1.54, 1.807) is 32.0 Å². The van der Waals surface area contributed by atoms with Crippen molar-refractivity contribution in [2.45, 2.75) is 85.2 Å². The van der Waals surface area contributed by atoms with E-state index in [2.05, 4.69) is 38.1 Å². The molecule has 0 fully saturated rings. The van der Waals surface area contributed by atoms with Crippen molar-refractivity contribution < 1.29 is 22.0 Å². The molecule has 0 unspecified atom stereocenters. The topological polar surface area (TPSA) is 0 Å². The largest absolute Gasteiger partial charge is 0.416 e. The number of hydrogen-bond donors (Lipinski definition) is 0. The Morgan fingerprint density at radius 3 is 1.43 bits per heavy atom. The Balaban J connectivity index is 0.000000295. The van der Waals surface area contributed by atoms with Crippen molar-refractivity contribution in [2.75, 3.05) is 0 Å². The lowest BCUT2D eigenvalue weighted by Crippen LogP contribution is -2.09. The first kappa shape index (κ1) is 39.1. The van der Waals surface area contributed by atoms with Crippen molar-refractivity contribution in [3.05, 3.63) is 140 Å². The van der Waals surface area contributed by atoms with E-state index in [9.17, 15) is 22.0 Å². The molecule has 0 amide bonds. The maximum Gasteiger partial charge on any atom is 0.416 e. The van der Waals surface area contributed by atoms with Crippen LogP contribution < -0.4 is 0 Å². The lowest BCUT2D eigenvalue weighted by Gasteiger charge is -2.14. The highest BCUT2D eigenvalue weighted by Crippen LogP contribution is 2.34. The molecule has 0 bridgehead atoms. The maximum absolute atomic E-state index is 12.7. The van der Waals surface area contributed by atoms with Gasteiger partial charge in [0, 0.05) is 10.0 Å². The molecule has 0 radical (unpaired) electrons. The van der Waals surface area contributed by atoms with Crippen LogP contribution in [0.4, 0.5) is 22.0 Å². The zero-order chi connectivity index (χ0) is 33.6. The summed E-state index contributed by atoms with van der Waals surface area (Å²) in [6.45, 7) is 16.0. The summed E-state index contributed by atoms with van der Waals surface area (Å²) in [4.78, 5) is 0. The van der Waals surface area contributed by atoms with E-state index >= 15 is 0 Å². The summed E-state index contributed by atoms with van der Waals surface area (Å²) in [6, 6.07) is 25.3. The maximum atomic E-state index is 12.7. The smallest absolute Gasteiger partial charge is 0.207 e. The molecule has 0 nitrogen and oxygen atoms in total. The lowest BCUT2D eigenvalue weighted by atomic mass is 9.97. The van der Waals surface area contributed by atoms with E-state index in [0.29, 0.717) is 33.4 Å². The second kappa shape index (κ2) is 18.8. The molecule has 4 aromatic rings. The molecule has 0 N–H and O–H groups in total. The van der Waals surface area contributed by atoms with E-state index in [0.717, 1.165) is 17.2 Å². The molecule has 0 saturated heterocycles.